The summed E-state index contributed by atoms with van der Waals surface area (Å²) in [5.41, 5.74) is 3.35. The molecular formula is C22H27N3O3S. The summed E-state index contributed by atoms with van der Waals surface area (Å²) in [6.45, 7) is 2.62. The molecule has 1 aromatic heterocycles. The van der Waals surface area contributed by atoms with Crippen LogP contribution in [0.15, 0.2) is 41.4 Å². The third-order valence-electron chi connectivity index (χ3n) is 6.03. The number of hydrogen-bond acceptors (Lipinski definition) is 4. The van der Waals surface area contributed by atoms with Crippen LogP contribution < -0.4 is 5.32 Å². The van der Waals surface area contributed by atoms with Crippen LogP contribution in [-0.2, 0) is 27.7 Å². The molecule has 154 valence electrons. The third kappa shape index (κ3) is 4.21. The Morgan fingerprint density at radius 3 is 2.55 bits per heavy atom. The van der Waals surface area contributed by atoms with E-state index in [0.717, 1.165) is 30.4 Å². The maximum absolute atomic E-state index is 13.1. The average Bonchev–Trinajstić information content (AvgIpc) is 2.75. The molecule has 2 heterocycles. The van der Waals surface area contributed by atoms with Crippen molar-refractivity contribution in [2.75, 3.05) is 18.4 Å². The average molecular weight is 414 g/mol. The van der Waals surface area contributed by atoms with E-state index in [2.05, 4.69) is 10.3 Å². The summed E-state index contributed by atoms with van der Waals surface area (Å²) in [6.07, 6.45) is 6.96. The van der Waals surface area contributed by atoms with E-state index in [9.17, 15) is 13.2 Å². The van der Waals surface area contributed by atoms with Crippen molar-refractivity contribution in [3.05, 3.63) is 53.2 Å². The fraction of sp³-hybridized carbons (Fsp3) is 0.455. The van der Waals surface area contributed by atoms with E-state index in [0.29, 0.717) is 36.6 Å². The molecule has 0 saturated carbocycles. The van der Waals surface area contributed by atoms with Crippen LogP contribution in [-0.4, -0.2) is 36.7 Å². The van der Waals surface area contributed by atoms with Crippen molar-refractivity contribution in [1.29, 1.82) is 0 Å². The number of nitrogens with one attached hydrogen (secondary N) is 1. The highest BCUT2D eigenvalue weighted by atomic mass is 32.2. The highest BCUT2D eigenvalue weighted by Gasteiger charge is 2.32. The summed E-state index contributed by atoms with van der Waals surface area (Å²) in [5, 5.41) is 2.88. The van der Waals surface area contributed by atoms with E-state index in [4.69, 9.17) is 0 Å². The Morgan fingerprint density at radius 1 is 1.10 bits per heavy atom. The van der Waals surface area contributed by atoms with E-state index in [-0.39, 0.29) is 11.8 Å². The van der Waals surface area contributed by atoms with Crippen LogP contribution in [0.25, 0.3) is 0 Å². The normalized spacial score (nSPS) is 18.2. The van der Waals surface area contributed by atoms with Gasteiger partial charge in [0.05, 0.1) is 4.90 Å². The summed E-state index contributed by atoms with van der Waals surface area (Å²) in [4.78, 5) is 17.2. The van der Waals surface area contributed by atoms with Crippen molar-refractivity contribution < 1.29 is 13.2 Å². The Kier molecular flexibility index (Phi) is 5.69. The maximum Gasteiger partial charge on any atom is 0.243 e. The van der Waals surface area contributed by atoms with Crippen LogP contribution in [0.3, 0.4) is 0 Å². The Morgan fingerprint density at radius 2 is 1.83 bits per heavy atom. The molecule has 0 spiro atoms. The first-order valence-corrected chi connectivity index (χ1v) is 11.7. The van der Waals surface area contributed by atoms with Gasteiger partial charge in [0.15, 0.2) is 0 Å². The van der Waals surface area contributed by atoms with Gasteiger partial charge in [-0.15, -0.1) is 0 Å². The fourth-order valence-corrected chi connectivity index (χ4v) is 5.73. The van der Waals surface area contributed by atoms with Gasteiger partial charge in [0.25, 0.3) is 0 Å². The zero-order valence-corrected chi connectivity index (χ0v) is 17.5. The van der Waals surface area contributed by atoms with Gasteiger partial charge in [0.1, 0.15) is 5.82 Å². The zero-order chi connectivity index (χ0) is 20.4. The first kappa shape index (κ1) is 20.0. The van der Waals surface area contributed by atoms with E-state index in [1.807, 2.05) is 31.2 Å². The Labute approximate surface area is 172 Å². The SMILES string of the molecule is Cc1cccnc1NC(=O)C1CCN(S(=O)(=O)c2ccc3c(c2)CCCC3)CC1. The first-order valence-electron chi connectivity index (χ1n) is 10.3. The van der Waals surface area contributed by atoms with Crippen LogP contribution in [0.4, 0.5) is 5.82 Å². The minimum atomic E-state index is -3.52. The van der Waals surface area contributed by atoms with Gasteiger partial charge in [0.2, 0.25) is 15.9 Å². The number of fused-ring (bicyclic) bond motifs is 1. The number of aromatic nitrogens is 1. The number of nitrogens with zero attached hydrogens (tertiary/aromatic N) is 2. The number of rotatable bonds is 4. The lowest BCUT2D eigenvalue weighted by Gasteiger charge is -2.31. The van der Waals surface area contributed by atoms with Crippen molar-refractivity contribution in [3.63, 3.8) is 0 Å². The molecule has 7 heteroatoms. The predicted octanol–water partition coefficient (Wildman–Crippen LogP) is 3.31. The van der Waals surface area contributed by atoms with Crippen molar-refractivity contribution in [1.82, 2.24) is 9.29 Å². The van der Waals surface area contributed by atoms with Crippen LogP contribution in [0.5, 0.6) is 0 Å². The lowest BCUT2D eigenvalue weighted by atomic mass is 9.92. The van der Waals surface area contributed by atoms with Crippen molar-refractivity contribution in [3.8, 4) is 0 Å². The van der Waals surface area contributed by atoms with E-state index >= 15 is 0 Å². The minimum absolute atomic E-state index is 0.0855. The highest BCUT2D eigenvalue weighted by Crippen LogP contribution is 2.28. The molecule has 1 aromatic carbocycles. The van der Waals surface area contributed by atoms with Gasteiger partial charge in [-0.25, -0.2) is 13.4 Å². The fourth-order valence-electron chi connectivity index (χ4n) is 4.21. The second-order valence-corrected chi connectivity index (χ2v) is 9.91. The Balaban J connectivity index is 1.41. The second-order valence-electron chi connectivity index (χ2n) is 7.97. The summed E-state index contributed by atoms with van der Waals surface area (Å²) in [7, 11) is -3.52. The van der Waals surface area contributed by atoms with Gasteiger partial charge in [-0.1, -0.05) is 12.1 Å². The number of benzene rings is 1. The molecule has 0 radical (unpaired) electrons. The van der Waals surface area contributed by atoms with Gasteiger partial charge < -0.3 is 5.32 Å². The molecule has 1 amide bonds. The third-order valence-corrected chi connectivity index (χ3v) is 7.93. The minimum Gasteiger partial charge on any atom is -0.310 e. The number of pyridine rings is 1. The Bertz CT molecular complexity index is 1010. The van der Waals surface area contributed by atoms with Crippen molar-refractivity contribution >= 4 is 21.7 Å². The van der Waals surface area contributed by atoms with E-state index < -0.39 is 10.0 Å². The number of anilines is 1. The predicted molar refractivity (Wildman–Crippen MR) is 112 cm³/mol. The molecule has 2 aliphatic rings. The summed E-state index contributed by atoms with van der Waals surface area (Å²) >= 11 is 0. The molecule has 0 atom stereocenters. The van der Waals surface area contributed by atoms with Gasteiger partial charge in [0, 0.05) is 25.2 Å². The number of sulfonamides is 1. The second kappa shape index (κ2) is 8.24. The largest absolute Gasteiger partial charge is 0.310 e. The number of carbonyl (C=O) groups excluding carboxylic acids is 1. The van der Waals surface area contributed by atoms with Gasteiger partial charge in [-0.2, -0.15) is 4.31 Å². The van der Waals surface area contributed by atoms with E-state index in [1.54, 1.807) is 12.3 Å². The monoisotopic (exact) mass is 413 g/mol. The summed E-state index contributed by atoms with van der Waals surface area (Å²) in [6, 6.07) is 9.29. The molecule has 1 N–H and O–H groups in total. The number of carbonyl (C=O) groups is 1. The van der Waals surface area contributed by atoms with Crippen LogP contribution in [0.2, 0.25) is 0 Å². The molecular weight excluding hydrogens is 386 g/mol. The molecule has 29 heavy (non-hydrogen) atoms. The van der Waals surface area contributed by atoms with Gasteiger partial charge >= 0.3 is 0 Å². The van der Waals surface area contributed by atoms with Crippen LogP contribution in [0, 0.1) is 12.8 Å². The topological polar surface area (TPSA) is 79.4 Å². The first-order chi connectivity index (χ1) is 13.9. The molecule has 1 aliphatic carbocycles. The molecule has 1 saturated heterocycles. The van der Waals surface area contributed by atoms with Crippen molar-refractivity contribution in [2.45, 2.75) is 50.3 Å². The molecule has 6 nitrogen and oxygen atoms in total. The number of piperidine rings is 1. The lowest BCUT2D eigenvalue weighted by molar-refractivity contribution is -0.120. The molecule has 0 unspecified atom stereocenters. The summed E-state index contributed by atoms with van der Waals surface area (Å²) < 4.78 is 27.7. The van der Waals surface area contributed by atoms with E-state index in [1.165, 1.54) is 16.3 Å². The quantitative estimate of drug-likeness (QED) is 0.834. The molecule has 1 fully saturated rings. The summed E-state index contributed by atoms with van der Waals surface area (Å²) in [5.74, 6) is 0.283. The standard InChI is InChI=1S/C22H27N3O3S/c1-16-5-4-12-23-21(16)24-22(26)18-10-13-25(14-11-18)29(27,28)20-9-8-17-6-2-3-7-19(17)15-20/h4-5,8-9,12,15,18H,2-3,6-7,10-11,13-14H2,1H3,(H,23,24,26). The number of amides is 1. The Hall–Kier alpha value is -2.25. The van der Waals surface area contributed by atoms with Crippen LogP contribution in [0.1, 0.15) is 42.4 Å². The van der Waals surface area contributed by atoms with Gasteiger partial charge in [-0.3, -0.25) is 4.79 Å². The highest BCUT2D eigenvalue weighted by molar-refractivity contribution is 7.89. The van der Waals surface area contributed by atoms with Gasteiger partial charge in [-0.05, 0) is 80.3 Å². The van der Waals surface area contributed by atoms with Crippen LogP contribution >= 0.6 is 0 Å². The number of aryl methyl sites for hydroxylation is 3. The molecule has 1 aliphatic heterocycles. The maximum atomic E-state index is 13.1. The smallest absolute Gasteiger partial charge is 0.243 e. The molecule has 4 rings (SSSR count). The number of hydrogen-bond donors (Lipinski definition) is 1. The van der Waals surface area contributed by atoms with Crippen molar-refractivity contribution in [2.24, 2.45) is 5.92 Å². The molecule has 2 aromatic rings. The lowest BCUT2D eigenvalue weighted by Crippen LogP contribution is -2.41. The zero-order valence-electron chi connectivity index (χ0n) is 16.7. The molecule has 0 bridgehead atoms.